The van der Waals surface area contributed by atoms with Crippen molar-refractivity contribution in [3.05, 3.63) is 47.5 Å². The number of methoxy groups -OCH3 is 2. The molecular formula is C17H16O6. The van der Waals surface area contributed by atoms with E-state index in [1.807, 2.05) is 0 Å². The molecule has 0 aliphatic carbocycles. The van der Waals surface area contributed by atoms with Crippen LogP contribution in [0.4, 0.5) is 0 Å². The van der Waals surface area contributed by atoms with Crippen molar-refractivity contribution < 1.29 is 29.6 Å². The lowest BCUT2D eigenvalue weighted by Crippen LogP contribution is -1.95. The van der Waals surface area contributed by atoms with E-state index in [0.717, 1.165) is 0 Å². The van der Waals surface area contributed by atoms with E-state index in [-0.39, 0.29) is 28.6 Å². The lowest BCUT2D eigenvalue weighted by atomic mass is 10.1. The molecule has 2 aromatic rings. The zero-order valence-electron chi connectivity index (χ0n) is 12.6. The number of ketones is 1. The Morgan fingerprint density at radius 3 is 2.13 bits per heavy atom. The number of allylic oxidation sites excluding steroid dienone is 1. The number of phenols is 3. The molecule has 0 fully saturated rings. The van der Waals surface area contributed by atoms with Crippen molar-refractivity contribution in [2.24, 2.45) is 0 Å². The van der Waals surface area contributed by atoms with Crippen LogP contribution < -0.4 is 9.47 Å². The van der Waals surface area contributed by atoms with E-state index >= 15 is 0 Å². The summed E-state index contributed by atoms with van der Waals surface area (Å²) in [5.74, 6) is -0.760. The van der Waals surface area contributed by atoms with Gasteiger partial charge in [-0.3, -0.25) is 4.79 Å². The third-order valence-corrected chi connectivity index (χ3v) is 3.19. The normalized spacial score (nSPS) is 10.7. The Morgan fingerprint density at radius 2 is 1.61 bits per heavy atom. The van der Waals surface area contributed by atoms with Crippen molar-refractivity contribution in [3.63, 3.8) is 0 Å². The Kier molecular flexibility index (Phi) is 4.75. The average molecular weight is 316 g/mol. The van der Waals surface area contributed by atoms with Gasteiger partial charge >= 0.3 is 0 Å². The summed E-state index contributed by atoms with van der Waals surface area (Å²) in [6, 6.07) is 7.06. The minimum absolute atomic E-state index is 0.0335. The average Bonchev–Trinajstić information content (AvgIpc) is 2.53. The number of carbonyl (C=O) groups is 1. The summed E-state index contributed by atoms with van der Waals surface area (Å²) in [6.45, 7) is 0. The van der Waals surface area contributed by atoms with Crippen molar-refractivity contribution >= 4 is 11.9 Å². The van der Waals surface area contributed by atoms with Crippen LogP contribution in [-0.2, 0) is 0 Å². The van der Waals surface area contributed by atoms with Gasteiger partial charge in [-0.2, -0.15) is 0 Å². The fourth-order valence-electron chi connectivity index (χ4n) is 2.00. The Morgan fingerprint density at radius 1 is 0.957 bits per heavy atom. The second kappa shape index (κ2) is 6.74. The summed E-state index contributed by atoms with van der Waals surface area (Å²) < 4.78 is 9.78. The van der Waals surface area contributed by atoms with Crippen molar-refractivity contribution in [2.45, 2.75) is 0 Å². The number of carbonyl (C=O) groups excluding carboxylic acids is 1. The van der Waals surface area contributed by atoms with Crippen LogP contribution in [0.15, 0.2) is 36.4 Å². The first-order chi connectivity index (χ1) is 11.0. The van der Waals surface area contributed by atoms with E-state index in [4.69, 9.17) is 9.47 Å². The molecule has 0 aliphatic rings. The summed E-state index contributed by atoms with van der Waals surface area (Å²) in [4.78, 5) is 12.1. The molecule has 0 heterocycles. The van der Waals surface area contributed by atoms with Gasteiger partial charge in [0.05, 0.1) is 14.2 Å². The molecule has 0 aromatic heterocycles. The van der Waals surface area contributed by atoms with Crippen molar-refractivity contribution in [3.8, 4) is 28.7 Å². The molecule has 3 N–H and O–H groups in total. The highest BCUT2D eigenvalue weighted by atomic mass is 16.5. The molecule has 0 amide bonds. The molecule has 0 aliphatic heterocycles. The molecule has 6 nitrogen and oxygen atoms in total. The monoisotopic (exact) mass is 316 g/mol. The first kappa shape index (κ1) is 16.2. The zero-order valence-corrected chi connectivity index (χ0v) is 12.6. The molecule has 0 saturated heterocycles. The van der Waals surface area contributed by atoms with Gasteiger partial charge in [0, 0.05) is 17.2 Å². The fraction of sp³-hybridized carbons (Fsp3) is 0.118. The number of hydrogen-bond acceptors (Lipinski definition) is 6. The number of aromatic hydroxyl groups is 3. The molecular weight excluding hydrogens is 300 g/mol. The lowest BCUT2D eigenvalue weighted by molar-refractivity contribution is 0.104. The molecule has 0 saturated carbocycles. The van der Waals surface area contributed by atoms with Gasteiger partial charge in [-0.1, -0.05) is 0 Å². The Labute approximate surface area is 132 Å². The summed E-state index contributed by atoms with van der Waals surface area (Å²) >= 11 is 0. The van der Waals surface area contributed by atoms with Gasteiger partial charge in [-0.15, -0.1) is 0 Å². The van der Waals surface area contributed by atoms with Crippen LogP contribution in [0.1, 0.15) is 15.9 Å². The van der Waals surface area contributed by atoms with E-state index in [1.165, 1.54) is 44.6 Å². The number of hydrogen-bond donors (Lipinski definition) is 3. The first-order valence-electron chi connectivity index (χ1n) is 6.65. The molecule has 6 heteroatoms. The molecule has 2 rings (SSSR count). The van der Waals surface area contributed by atoms with Gasteiger partial charge in [0.1, 0.15) is 11.5 Å². The third kappa shape index (κ3) is 3.55. The van der Waals surface area contributed by atoms with Gasteiger partial charge < -0.3 is 24.8 Å². The van der Waals surface area contributed by atoms with Crippen LogP contribution in [0.25, 0.3) is 6.08 Å². The summed E-state index contributed by atoms with van der Waals surface area (Å²) in [6.07, 6.45) is 2.65. The van der Waals surface area contributed by atoms with Crippen molar-refractivity contribution in [2.75, 3.05) is 14.2 Å². The molecule has 0 unspecified atom stereocenters. The van der Waals surface area contributed by atoms with Crippen LogP contribution in [0.2, 0.25) is 0 Å². The summed E-state index contributed by atoms with van der Waals surface area (Å²) in [7, 11) is 2.78. The summed E-state index contributed by atoms with van der Waals surface area (Å²) in [5, 5.41) is 29.2. The smallest absolute Gasteiger partial charge is 0.202 e. The summed E-state index contributed by atoms with van der Waals surface area (Å²) in [5.41, 5.74) is 0.520. The minimum atomic E-state index is -0.450. The van der Waals surface area contributed by atoms with Crippen LogP contribution in [0, 0.1) is 0 Å². The molecule has 0 atom stereocenters. The largest absolute Gasteiger partial charge is 0.507 e. The van der Waals surface area contributed by atoms with Gasteiger partial charge in [-0.05, 0) is 36.4 Å². The molecule has 23 heavy (non-hydrogen) atoms. The highest BCUT2D eigenvalue weighted by molar-refractivity contribution is 6.07. The predicted molar refractivity (Wildman–Crippen MR) is 84.3 cm³/mol. The molecule has 120 valence electrons. The highest BCUT2D eigenvalue weighted by Gasteiger charge is 2.13. The maximum atomic E-state index is 12.1. The van der Waals surface area contributed by atoms with Crippen LogP contribution in [-0.4, -0.2) is 35.3 Å². The predicted octanol–water partition coefficient (Wildman–Crippen LogP) is 2.72. The molecule has 0 spiro atoms. The van der Waals surface area contributed by atoms with Gasteiger partial charge in [-0.25, -0.2) is 0 Å². The lowest BCUT2D eigenvalue weighted by Gasteiger charge is -2.07. The maximum Gasteiger partial charge on any atom is 0.202 e. The van der Waals surface area contributed by atoms with Crippen molar-refractivity contribution in [1.82, 2.24) is 0 Å². The van der Waals surface area contributed by atoms with Crippen LogP contribution in [0.5, 0.6) is 28.7 Å². The van der Waals surface area contributed by atoms with E-state index in [2.05, 4.69) is 0 Å². The Balaban J connectivity index is 2.25. The van der Waals surface area contributed by atoms with E-state index in [9.17, 15) is 20.1 Å². The fourth-order valence-corrected chi connectivity index (χ4v) is 2.00. The van der Waals surface area contributed by atoms with Crippen LogP contribution >= 0.6 is 0 Å². The second-order valence-corrected chi connectivity index (χ2v) is 4.67. The Hall–Kier alpha value is -3.15. The van der Waals surface area contributed by atoms with Gasteiger partial charge in [0.15, 0.2) is 17.3 Å². The standard InChI is InChI=1S/C17H16O6/c1-22-12-5-3-10(14(19)9-12)4-6-13(18)11-7-15(20)17(23-2)16(21)8-11/h3-9,19-21H,1-2H3. The topological polar surface area (TPSA) is 96.2 Å². The number of ether oxygens (including phenoxy) is 2. The first-order valence-corrected chi connectivity index (χ1v) is 6.65. The quantitative estimate of drug-likeness (QED) is 0.580. The Bertz CT molecular complexity index is 741. The highest BCUT2D eigenvalue weighted by Crippen LogP contribution is 2.36. The molecule has 0 bridgehead atoms. The second-order valence-electron chi connectivity index (χ2n) is 4.67. The number of benzene rings is 2. The minimum Gasteiger partial charge on any atom is -0.507 e. The third-order valence-electron chi connectivity index (χ3n) is 3.19. The van der Waals surface area contributed by atoms with Gasteiger partial charge in [0.2, 0.25) is 5.75 Å². The SMILES string of the molecule is COc1ccc(C=CC(=O)c2cc(O)c(OC)c(O)c2)c(O)c1. The molecule has 0 radical (unpaired) electrons. The van der Waals surface area contributed by atoms with E-state index in [0.29, 0.717) is 11.3 Å². The number of phenolic OH excluding ortho intramolecular Hbond substituents is 3. The maximum absolute atomic E-state index is 12.1. The van der Waals surface area contributed by atoms with Crippen LogP contribution in [0.3, 0.4) is 0 Å². The zero-order chi connectivity index (χ0) is 17.0. The molecule has 2 aromatic carbocycles. The number of rotatable bonds is 5. The van der Waals surface area contributed by atoms with E-state index in [1.54, 1.807) is 12.1 Å². The van der Waals surface area contributed by atoms with E-state index < -0.39 is 5.78 Å². The van der Waals surface area contributed by atoms with Crippen molar-refractivity contribution in [1.29, 1.82) is 0 Å². The van der Waals surface area contributed by atoms with Gasteiger partial charge in [0.25, 0.3) is 0 Å².